The fourth-order valence-corrected chi connectivity index (χ4v) is 4.97. The second-order valence-corrected chi connectivity index (χ2v) is 10.5. The molecule has 4 rings (SSSR count). The van der Waals surface area contributed by atoms with Gasteiger partial charge in [0, 0.05) is 48.0 Å². The standard InChI is InChI=1S/C37H40N2O6/c1-4-12-35(40)39(29-15-10-16-31(26-29)43-2)23-11-24-45-30-21-19-27(20-22-30)25-34(37(42)44-3)38-33-18-9-8-17-32(33)36(41)28-13-6-5-7-14-28/h5-10,13-22,26,34,38H,4,11-12,23-25H2,1-3H3/t34-/m0/s1. The number of nitrogens with zero attached hydrogens (tertiary/aromatic N) is 1. The number of benzene rings is 4. The number of carbonyl (C=O) groups excluding carboxylic acids is 3. The Kier molecular flexibility index (Phi) is 12.1. The van der Waals surface area contributed by atoms with E-state index < -0.39 is 12.0 Å². The normalized spacial score (nSPS) is 11.3. The van der Waals surface area contributed by atoms with Crippen LogP contribution in [0.4, 0.5) is 11.4 Å². The summed E-state index contributed by atoms with van der Waals surface area (Å²) in [6, 6.07) is 30.5. The van der Waals surface area contributed by atoms with Gasteiger partial charge >= 0.3 is 5.97 Å². The monoisotopic (exact) mass is 608 g/mol. The molecule has 4 aromatic rings. The molecule has 0 fully saturated rings. The highest BCUT2D eigenvalue weighted by Gasteiger charge is 2.23. The lowest BCUT2D eigenvalue weighted by Crippen LogP contribution is -2.33. The van der Waals surface area contributed by atoms with E-state index in [1.54, 1.807) is 42.3 Å². The van der Waals surface area contributed by atoms with Crippen LogP contribution in [0.5, 0.6) is 11.5 Å². The zero-order chi connectivity index (χ0) is 32.0. The van der Waals surface area contributed by atoms with Crippen LogP contribution in [0.1, 0.15) is 47.7 Å². The van der Waals surface area contributed by atoms with Crippen LogP contribution >= 0.6 is 0 Å². The highest BCUT2D eigenvalue weighted by molar-refractivity contribution is 6.12. The molecule has 0 saturated carbocycles. The molecule has 4 aromatic carbocycles. The first kappa shape index (κ1) is 32.8. The summed E-state index contributed by atoms with van der Waals surface area (Å²) in [6.45, 7) is 2.94. The third kappa shape index (κ3) is 9.19. The first-order chi connectivity index (χ1) is 21.9. The molecule has 0 aromatic heterocycles. The van der Waals surface area contributed by atoms with Crippen molar-refractivity contribution in [3.63, 3.8) is 0 Å². The van der Waals surface area contributed by atoms with Crippen LogP contribution in [0.15, 0.2) is 103 Å². The molecular formula is C37H40N2O6. The van der Waals surface area contributed by atoms with Crippen molar-refractivity contribution in [3.8, 4) is 11.5 Å². The first-order valence-electron chi connectivity index (χ1n) is 15.1. The van der Waals surface area contributed by atoms with Crippen molar-refractivity contribution in [2.75, 3.05) is 37.6 Å². The van der Waals surface area contributed by atoms with Crippen molar-refractivity contribution in [2.24, 2.45) is 0 Å². The van der Waals surface area contributed by atoms with Gasteiger partial charge in [-0.05, 0) is 54.8 Å². The summed E-state index contributed by atoms with van der Waals surface area (Å²) in [5.41, 5.74) is 3.30. The zero-order valence-corrected chi connectivity index (χ0v) is 26.0. The molecule has 1 atom stereocenters. The Morgan fingerprint density at radius 3 is 2.27 bits per heavy atom. The van der Waals surface area contributed by atoms with Gasteiger partial charge in [0.1, 0.15) is 17.5 Å². The molecule has 0 heterocycles. The third-order valence-electron chi connectivity index (χ3n) is 7.31. The lowest BCUT2D eigenvalue weighted by Gasteiger charge is -2.23. The number of anilines is 2. The average molecular weight is 609 g/mol. The molecule has 45 heavy (non-hydrogen) atoms. The number of carbonyl (C=O) groups is 3. The molecule has 0 aliphatic carbocycles. The molecule has 8 nitrogen and oxygen atoms in total. The second-order valence-electron chi connectivity index (χ2n) is 10.5. The highest BCUT2D eigenvalue weighted by Crippen LogP contribution is 2.24. The van der Waals surface area contributed by atoms with Gasteiger partial charge in [-0.15, -0.1) is 0 Å². The number of nitrogens with one attached hydrogen (secondary N) is 1. The molecule has 1 amide bonds. The molecule has 0 radical (unpaired) electrons. The summed E-state index contributed by atoms with van der Waals surface area (Å²) in [7, 11) is 2.96. The van der Waals surface area contributed by atoms with Crippen LogP contribution in [0, 0.1) is 0 Å². The smallest absolute Gasteiger partial charge is 0.328 e. The summed E-state index contributed by atoms with van der Waals surface area (Å²) < 4.78 is 16.4. The van der Waals surface area contributed by atoms with E-state index in [9.17, 15) is 14.4 Å². The maximum absolute atomic E-state index is 13.2. The van der Waals surface area contributed by atoms with Crippen LogP contribution in [-0.4, -0.2) is 51.1 Å². The second kappa shape index (κ2) is 16.7. The number of hydrogen-bond acceptors (Lipinski definition) is 7. The fraction of sp³-hybridized carbons (Fsp3) is 0.270. The molecule has 0 aliphatic rings. The quantitative estimate of drug-likeness (QED) is 0.0857. The Labute approximate surface area is 264 Å². The van der Waals surface area contributed by atoms with Crippen molar-refractivity contribution in [1.82, 2.24) is 0 Å². The Hall–Kier alpha value is -5.11. The van der Waals surface area contributed by atoms with Gasteiger partial charge in [-0.2, -0.15) is 0 Å². The van der Waals surface area contributed by atoms with Gasteiger partial charge in [0.25, 0.3) is 0 Å². The Bertz CT molecular complexity index is 1550. The van der Waals surface area contributed by atoms with Crippen LogP contribution < -0.4 is 19.7 Å². The van der Waals surface area contributed by atoms with Crippen LogP contribution in [0.25, 0.3) is 0 Å². The number of methoxy groups -OCH3 is 2. The van der Waals surface area contributed by atoms with E-state index in [4.69, 9.17) is 14.2 Å². The number of rotatable bonds is 16. The number of hydrogen-bond donors (Lipinski definition) is 1. The maximum atomic E-state index is 13.2. The van der Waals surface area contributed by atoms with E-state index >= 15 is 0 Å². The third-order valence-corrected chi connectivity index (χ3v) is 7.31. The topological polar surface area (TPSA) is 94.2 Å². The molecule has 0 bridgehead atoms. The molecule has 0 saturated heterocycles. The number of ether oxygens (including phenoxy) is 3. The van der Waals surface area contributed by atoms with Crippen LogP contribution in [0.2, 0.25) is 0 Å². The van der Waals surface area contributed by atoms with Gasteiger partial charge in [-0.25, -0.2) is 4.79 Å². The van der Waals surface area contributed by atoms with Crippen LogP contribution in [0.3, 0.4) is 0 Å². The molecule has 0 spiro atoms. The van der Waals surface area contributed by atoms with Gasteiger partial charge < -0.3 is 24.4 Å². The van der Waals surface area contributed by atoms with Gasteiger partial charge in [0.15, 0.2) is 5.78 Å². The number of amides is 1. The summed E-state index contributed by atoms with van der Waals surface area (Å²) in [5, 5.41) is 3.24. The van der Waals surface area contributed by atoms with Gasteiger partial charge in [-0.1, -0.05) is 67.6 Å². The van der Waals surface area contributed by atoms with E-state index in [-0.39, 0.29) is 11.7 Å². The number of ketones is 1. The Morgan fingerprint density at radius 1 is 0.822 bits per heavy atom. The van der Waals surface area contributed by atoms with Gasteiger partial charge in [-0.3, -0.25) is 9.59 Å². The molecule has 1 N–H and O–H groups in total. The van der Waals surface area contributed by atoms with E-state index in [2.05, 4.69) is 5.32 Å². The highest BCUT2D eigenvalue weighted by atomic mass is 16.5. The lowest BCUT2D eigenvalue weighted by atomic mass is 10.00. The van der Waals surface area contributed by atoms with Crippen molar-refractivity contribution in [3.05, 3.63) is 120 Å². The SMILES string of the molecule is CCCC(=O)N(CCCOc1ccc(C[C@H](Nc2ccccc2C(=O)c2ccccc2)C(=O)OC)cc1)c1cccc(OC)c1. The first-order valence-corrected chi connectivity index (χ1v) is 15.1. The van der Waals surface area contributed by atoms with E-state index in [1.165, 1.54) is 7.11 Å². The molecule has 8 heteroatoms. The summed E-state index contributed by atoms with van der Waals surface area (Å²) >= 11 is 0. The number of para-hydroxylation sites is 1. The van der Waals surface area contributed by atoms with Crippen molar-refractivity contribution in [2.45, 2.75) is 38.6 Å². The minimum Gasteiger partial charge on any atom is -0.497 e. The van der Waals surface area contributed by atoms with E-state index in [0.717, 1.165) is 17.7 Å². The van der Waals surface area contributed by atoms with Gasteiger partial charge in [0.05, 0.1) is 20.8 Å². The predicted octanol–water partition coefficient (Wildman–Crippen LogP) is 6.72. The molecular weight excluding hydrogens is 568 g/mol. The fourth-order valence-electron chi connectivity index (χ4n) is 4.97. The molecule has 234 valence electrons. The predicted molar refractivity (Wildman–Crippen MR) is 176 cm³/mol. The van der Waals surface area contributed by atoms with E-state index in [1.807, 2.05) is 79.7 Å². The zero-order valence-electron chi connectivity index (χ0n) is 26.0. The van der Waals surface area contributed by atoms with Crippen molar-refractivity contribution in [1.29, 1.82) is 0 Å². The largest absolute Gasteiger partial charge is 0.497 e. The maximum Gasteiger partial charge on any atom is 0.328 e. The minimum absolute atomic E-state index is 0.0657. The van der Waals surface area contributed by atoms with Crippen molar-refractivity contribution < 1.29 is 28.6 Å². The van der Waals surface area contributed by atoms with Gasteiger partial charge in [0.2, 0.25) is 5.91 Å². The Morgan fingerprint density at radius 2 is 1.56 bits per heavy atom. The van der Waals surface area contributed by atoms with Crippen LogP contribution in [-0.2, 0) is 20.7 Å². The summed E-state index contributed by atoms with van der Waals surface area (Å²) in [4.78, 5) is 40.6. The minimum atomic E-state index is -0.713. The molecule has 0 aliphatic heterocycles. The van der Waals surface area contributed by atoms with E-state index in [0.29, 0.717) is 60.7 Å². The lowest BCUT2D eigenvalue weighted by molar-refractivity contribution is -0.141. The summed E-state index contributed by atoms with van der Waals surface area (Å²) in [5.74, 6) is 0.886. The Balaban J connectivity index is 1.37. The molecule has 0 unspecified atom stereocenters. The van der Waals surface area contributed by atoms with Crippen molar-refractivity contribution >= 4 is 29.0 Å². The summed E-state index contributed by atoms with van der Waals surface area (Å²) in [6.07, 6.45) is 2.22. The average Bonchev–Trinajstić information content (AvgIpc) is 3.08. The number of esters is 1.